The van der Waals surface area contributed by atoms with Gasteiger partial charge in [-0.2, -0.15) is 9.57 Å². The van der Waals surface area contributed by atoms with Crippen molar-refractivity contribution >= 4 is 10.0 Å². The van der Waals surface area contributed by atoms with Crippen LogP contribution in [0, 0.1) is 11.3 Å². The van der Waals surface area contributed by atoms with E-state index in [4.69, 9.17) is 5.26 Å². The zero-order chi connectivity index (χ0) is 13.9. The lowest BCUT2D eigenvalue weighted by Crippen LogP contribution is -2.34. The number of rotatable bonds is 3. The zero-order valence-electron chi connectivity index (χ0n) is 10.8. The van der Waals surface area contributed by atoms with Crippen molar-refractivity contribution in [3.63, 3.8) is 0 Å². The Balaban J connectivity index is 2.23. The highest BCUT2D eigenvalue weighted by Crippen LogP contribution is 2.20. The Kier molecular flexibility index (Phi) is 4.03. The Labute approximate surface area is 114 Å². The van der Waals surface area contributed by atoms with Crippen LogP contribution in [0.5, 0.6) is 0 Å². The van der Waals surface area contributed by atoms with Gasteiger partial charge in [0.2, 0.25) is 10.0 Å². The largest absolute Gasteiger partial charge is 0.243 e. The highest BCUT2D eigenvalue weighted by Gasteiger charge is 2.25. The number of hydrogen-bond donors (Lipinski definition) is 0. The van der Waals surface area contributed by atoms with Gasteiger partial charge in [-0.05, 0) is 31.0 Å². The molecule has 1 aromatic carbocycles. The standard InChI is InChI=1S/C14H16N2O2S/c1-12-7-10-16(11-8-12)19(17,18)14-4-2-13(3-5-14)6-9-15/h2-5,7H,6,8,10-11H2,1H3. The van der Waals surface area contributed by atoms with Crippen molar-refractivity contribution < 1.29 is 8.42 Å². The average Bonchev–Trinajstić information content (AvgIpc) is 2.40. The molecule has 0 amide bonds. The van der Waals surface area contributed by atoms with Gasteiger partial charge in [-0.15, -0.1) is 0 Å². The molecular formula is C14H16N2O2S. The van der Waals surface area contributed by atoms with Crippen LogP contribution in [-0.2, 0) is 16.4 Å². The lowest BCUT2D eigenvalue weighted by molar-refractivity contribution is 0.431. The van der Waals surface area contributed by atoms with Crippen LogP contribution in [0.2, 0.25) is 0 Å². The summed E-state index contributed by atoms with van der Waals surface area (Å²) in [7, 11) is -3.41. The molecule has 1 aliphatic heterocycles. The third-order valence-corrected chi connectivity index (χ3v) is 5.12. The van der Waals surface area contributed by atoms with E-state index in [1.165, 1.54) is 9.88 Å². The molecule has 4 nitrogen and oxygen atoms in total. The molecule has 0 atom stereocenters. The summed E-state index contributed by atoms with van der Waals surface area (Å²) in [6.45, 7) is 2.99. The van der Waals surface area contributed by atoms with Crippen molar-refractivity contribution in [2.45, 2.75) is 24.7 Å². The van der Waals surface area contributed by atoms with Gasteiger partial charge >= 0.3 is 0 Å². The minimum Gasteiger partial charge on any atom is -0.207 e. The van der Waals surface area contributed by atoms with E-state index in [-0.39, 0.29) is 0 Å². The Morgan fingerprint density at radius 2 is 2.00 bits per heavy atom. The first-order valence-corrected chi connectivity index (χ1v) is 7.60. The second-order valence-electron chi connectivity index (χ2n) is 4.64. The van der Waals surface area contributed by atoms with Gasteiger partial charge in [-0.25, -0.2) is 8.42 Å². The number of sulfonamides is 1. The molecule has 0 spiro atoms. The Morgan fingerprint density at radius 3 is 2.53 bits per heavy atom. The second kappa shape index (κ2) is 5.55. The molecule has 0 N–H and O–H groups in total. The third-order valence-electron chi connectivity index (χ3n) is 3.24. The van der Waals surface area contributed by atoms with Crippen molar-refractivity contribution in [2.75, 3.05) is 13.1 Å². The molecule has 0 saturated carbocycles. The zero-order valence-corrected chi connectivity index (χ0v) is 11.7. The lowest BCUT2D eigenvalue weighted by atomic mass is 10.1. The van der Waals surface area contributed by atoms with Crippen LogP contribution in [0.1, 0.15) is 18.9 Å². The summed E-state index contributed by atoms with van der Waals surface area (Å²) in [6, 6.07) is 8.59. The van der Waals surface area contributed by atoms with E-state index < -0.39 is 10.0 Å². The highest BCUT2D eigenvalue weighted by atomic mass is 32.2. The van der Waals surface area contributed by atoms with Gasteiger partial charge in [-0.1, -0.05) is 23.8 Å². The van der Waals surface area contributed by atoms with Crippen LogP contribution in [0.15, 0.2) is 40.8 Å². The Morgan fingerprint density at radius 1 is 1.32 bits per heavy atom. The van der Waals surface area contributed by atoms with Crippen LogP contribution in [0.4, 0.5) is 0 Å². The molecule has 0 aromatic heterocycles. The first kappa shape index (κ1) is 13.8. The maximum atomic E-state index is 12.4. The molecule has 1 aromatic rings. The fraction of sp³-hybridized carbons (Fsp3) is 0.357. The fourth-order valence-electron chi connectivity index (χ4n) is 1.99. The van der Waals surface area contributed by atoms with Gasteiger partial charge in [0.25, 0.3) is 0 Å². The Hall–Kier alpha value is -1.64. The minimum absolute atomic E-state index is 0.294. The van der Waals surface area contributed by atoms with E-state index in [9.17, 15) is 8.42 Å². The van der Waals surface area contributed by atoms with Crippen LogP contribution < -0.4 is 0 Å². The number of benzene rings is 1. The van der Waals surface area contributed by atoms with Gasteiger partial charge < -0.3 is 0 Å². The third kappa shape index (κ3) is 3.03. The molecule has 2 rings (SSSR count). The number of nitrogens with zero attached hydrogens (tertiary/aromatic N) is 2. The normalized spacial score (nSPS) is 16.7. The van der Waals surface area contributed by atoms with Crippen molar-refractivity contribution in [1.82, 2.24) is 4.31 Å². The molecule has 1 aliphatic rings. The summed E-state index contributed by atoms with van der Waals surface area (Å²) >= 11 is 0. The first-order valence-electron chi connectivity index (χ1n) is 6.16. The molecule has 5 heteroatoms. The molecule has 0 radical (unpaired) electrons. The van der Waals surface area contributed by atoms with Crippen LogP contribution in [-0.4, -0.2) is 25.8 Å². The first-order chi connectivity index (χ1) is 9.04. The van der Waals surface area contributed by atoms with Gasteiger partial charge in [0, 0.05) is 13.1 Å². The summed E-state index contributed by atoms with van der Waals surface area (Å²) in [4.78, 5) is 0.294. The highest BCUT2D eigenvalue weighted by molar-refractivity contribution is 7.89. The van der Waals surface area contributed by atoms with E-state index in [1.807, 2.05) is 19.1 Å². The molecule has 100 valence electrons. The smallest absolute Gasteiger partial charge is 0.207 e. The molecule has 19 heavy (non-hydrogen) atoms. The van der Waals surface area contributed by atoms with E-state index in [0.717, 1.165) is 12.0 Å². The van der Waals surface area contributed by atoms with E-state index in [1.54, 1.807) is 24.3 Å². The number of hydrogen-bond acceptors (Lipinski definition) is 3. The van der Waals surface area contributed by atoms with Crippen LogP contribution in [0.3, 0.4) is 0 Å². The summed E-state index contributed by atoms with van der Waals surface area (Å²) in [5, 5.41) is 8.59. The van der Waals surface area contributed by atoms with E-state index in [2.05, 4.69) is 0 Å². The number of nitriles is 1. The topological polar surface area (TPSA) is 61.2 Å². The van der Waals surface area contributed by atoms with Crippen LogP contribution >= 0.6 is 0 Å². The SMILES string of the molecule is CC1=CCN(S(=O)(=O)c2ccc(CC#N)cc2)CC1. The summed E-state index contributed by atoms with van der Waals surface area (Å²) < 4.78 is 26.3. The molecule has 0 bridgehead atoms. The predicted octanol–water partition coefficient (Wildman–Crippen LogP) is 2.09. The van der Waals surface area contributed by atoms with Crippen molar-refractivity contribution in [2.24, 2.45) is 0 Å². The van der Waals surface area contributed by atoms with Crippen molar-refractivity contribution in [1.29, 1.82) is 5.26 Å². The lowest BCUT2D eigenvalue weighted by Gasteiger charge is -2.24. The monoisotopic (exact) mass is 276 g/mol. The quantitative estimate of drug-likeness (QED) is 0.794. The maximum absolute atomic E-state index is 12.4. The summed E-state index contributed by atoms with van der Waals surface area (Å²) in [6.07, 6.45) is 3.03. The average molecular weight is 276 g/mol. The van der Waals surface area contributed by atoms with Crippen molar-refractivity contribution in [3.8, 4) is 6.07 Å². The minimum atomic E-state index is -3.41. The predicted molar refractivity (Wildman–Crippen MR) is 72.9 cm³/mol. The van der Waals surface area contributed by atoms with Crippen LogP contribution in [0.25, 0.3) is 0 Å². The second-order valence-corrected chi connectivity index (χ2v) is 6.58. The van der Waals surface area contributed by atoms with Gasteiger partial charge in [0.1, 0.15) is 0 Å². The summed E-state index contributed by atoms with van der Waals surface area (Å²) in [5.74, 6) is 0. The molecule has 0 fully saturated rings. The molecule has 0 unspecified atom stereocenters. The van der Waals surface area contributed by atoms with E-state index >= 15 is 0 Å². The molecule has 0 saturated heterocycles. The fourth-order valence-corrected chi connectivity index (χ4v) is 3.37. The van der Waals surface area contributed by atoms with E-state index in [0.29, 0.717) is 24.4 Å². The van der Waals surface area contributed by atoms with Gasteiger partial charge in [-0.3, -0.25) is 0 Å². The van der Waals surface area contributed by atoms with Crippen molar-refractivity contribution in [3.05, 3.63) is 41.5 Å². The summed E-state index contributed by atoms with van der Waals surface area (Å²) in [5.41, 5.74) is 2.06. The molecule has 0 aliphatic carbocycles. The van der Waals surface area contributed by atoms with Gasteiger partial charge in [0.05, 0.1) is 17.4 Å². The molecule has 1 heterocycles. The Bertz CT molecular complexity index is 624. The van der Waals surface area contributed by atoms with Gasteiger partial charge in [0.15, 0.2) is 0 Å². The maximum Gasteiger partial charge on any atom is 0.243 e. The molecular weight excluding hydrogens is 260 g/mol.